The number of nitrogens with one attached hydrogen (secondary N) is 1. The Morgan fingerprint density at radius 3 is 2.83 bits per heavy atom. The van der Waals surface area contributed by atoms with Crippen LogP contribution in [0.3, 0.4) is 0 Å². The van der Waals surface area contributed by atoms with Gasteiger partial charge in [-0.05, 0) is 26.7 Å². The Hall–Kier alpha value is -0.120. The van der Waals surface area contributed by atoms with Gasteiger partial charge in [-0.15, -0.1) is 0 Å². The van der Waals surface area contributed by atoms with Gasteiger partial charge in [-0.1, -0.05) is 0 Å². The third-order valence-electron chi connectivity index (χ3n) is 2.29. The van der Waals surface area contributed by atoms with Gasteiger partial charge in [-0.3, -0.25) is 0 Å². The van der Waals surface area contributed by atoms with Crippen LogP contribution in [0.25, 0.3) is 0 Å². The largest absolute Gasteiger partial charge is 0.395 e. The minimum Gasteiger partial charge on any atom is -0.395 e. The number of aliphatic hydroxyl groups excluding tert-OH is 1. The Labute approximate surface area is 74.1 Å². The van der Waals surface area contributed by atoms with Crippen molar-refractivity contribution in [3.8, 4) is 0 Å². The van der Waals surface area contributed by atoms with Crippen LogP contribution in [0.15, 0.2) is 0 Å². The second kappa shape index (κ2) is 4.80. The van der Waals surface area contributed by atoms with E-state index in [4.69, 9.17) is 9.84 Å². The van der Waals surface area contributed by atoms with Gasteiger partial charge >= 0.3 is 0 Å². The highest BCUT2D eigenvalue weighted by atomic mass is 16.5. The van der Waals surface area contributed by atoms with Crippen molar-refractivity contribution in [3.63, 3.8) is 0 Å². The molecule has 2 N–H and O–H groups in total. The Balaban J connectivity index is 2.07. The molecule has 72 valence electrons. The van der Waals surface area contributed by atoms with Gasteiger partial charge < -0.3 is 15.2 Å². The highest BCUT2D eigenvalue weighted by molar-refractivity contribution is 4.73. The van der Waals surface area contributed by atoms with Gasteiger partial charge in [0, 0.05) is 12.6 Å². The van der Waals surface area contributed by atoms with Crippen molar-refractivity contribution in [2.75, 3.05) is 13.2 Å². The van der Waals surface area contributed by atoms with E-state index < -0.39 is 0 Å². The topological polar surface area (TPSA) is 41.5 Å². The average Bonchev–Trinajstić information content (AvgIpc) is 2.47. The van der Waals surface area contributed by atoms with Gasteiger partial charge in [0.1, 0.15) is 0 Å². The summed E-state index contributed by atoms with van der Waals surface area (Å²) in [5.74, 6) is 0. The van der Waals surface area contributed by atoms with Crippen LogP contribution in [-0.2, 0) is 4.74 Å². The van der Waals surface area contributed by atoms with Gasteiger partial charge in [0.2, 0.25) is 0 Å². The number of ether oxygens (including phenoxy) is 1. The standard InChI is InChI=1S/C9H19NO2/c1-7(6-11)10-5-9-4-3-8(2)12-9/h7-11H,3-6H2,1-2H3/t7-,8?,9?/m1/s1. The first-order valence-corrected chi connectivity index (χ1v) is 4.72. The first-order chi connectivity index (χ1) is 5.72. The highest BCUT2D eigenvalue weighted by Gasteiger charge is 2.21. The van der Waals surface area contributed by atoms with Crippen molar-refractivity contribution >= 4 is 0 Å². The molecule has 3 atom stereocenters. The van der Waals surface area contributed by atoms with Crippen molar-refractivity contribution < 1.29 is 9.84 Å². The second-order valence-electron chi connectivity index (χ2n) is 3.64. The van der Waals surface area contributed by atoms with Crippen molar-refractivity contribution in [1.29, 1.82) is 0 Å². The molecule has 3 nitrogen and oxygen atoms in total. The van der Waals surface area contributed by atoms with E-state index in [9.17, 15) is 0 Å². The van der Waals surface area contributed by atoms with E-state index in [1.165, 1.54) is 6.42 Å². The molecule has 1 saturated heterocycles. The molecule has 1 rings (SSSR count). The zero-order valence-corrected chi connectivity index (χ0v) is 7.92. The summed E-state index contributed by atoms with van der Waals surface area (Å²) in [7, 11) is 0. The summed E-state index contributed by atoms with van der Waals surface area (Å²) in [6.45, 7) is 5.14. The molecule has 3 heteroatoms. The SMILES string of the molecule is CC1CCC(CN[C@H](C)CO)O1. The fraction of sp³-hybridized carbons (Fsp3) is 1.00. The third kappa shape index (κ3) is 3.09. The fourth-order valence-electron chi connectivity index (χ4n) is 1.43. The normalized spacial score (nSPS) is 32.2. The van der Waals surface area contributed by atoms with E-state index in [2.05, 4.69) is 12.2 Å². The molecule has 0 radical (unpaired) electrons. The number of hydrogen-bond donors (Lipinski definition) is 2. The molecule has 0 aromatic rings. The smallest absolute Gasteiger partial charge is 0.0704 e. The minimum absolute atomic E-state index is 0.185. The Kier molecular flexibility index (Phi) is 3.98. The van der Waals surface area contributed by atoms with E-state index in [0.717, 1.165) is 13.0 Å². The van der Waals surface area contributed by atoms with Gasteiger partial charge in [-0.25, -0.2) is 0 Å². The lowest BCUT2D eigenvalue weighted by Crippen LogP contribution is -2.35. The first-order valence-electron chi connectivity index (χ1n) is 4.72. The lowest BCUT2D eigenvalue weighted by molar-refractivity contribution is 0.0533. The number of hydrogen-bond acceptors (Lipinski definition) is 3. The van der Waals surface area contributed by atoms with E-state index in [1.54, 1.807) is 0 Å². The Morgan fingerprint density at radius 1 is 1.58 bits per heavy atom. The van der Waals surface area contributed by atoms with Crippen molar-refractivity contribution in [2.24, 2.45) is 0 Å². The van der Waals surface area contributed by atoms with E-state index >= 15 is 0 Å². The van der Waals surface area contributed by atoms with Crippen molar-refractivity contribution in [1.82, 2.24) is 5.32 Å². The van der Waals surface area contributed by atoms with E-state index in [0.29, 0.717) is 12.2 Å². The predicted octanol–water partition coefficient (Wildman–Crippen LogP) is 0.524. The molecule has 0 aliphatic carbocycles. The maximum absolute atomic E-state index is 8.76. The van der Waals surface area contributed by atoms with Gasteiger partial charge in [0.05, 0.1) is 18.8 Å². The van der Waals surface area contributed by atoms with Crippen LogP contribution in [0, 0.1) is 0 Å². The monoisotopic (exact) mass is 173 g/mol. The summed E-state index contributed by atoms with van der Waals surface area (Å²) >= 11 is 0. The highest BCUT2D eigenvalue weighted by Crippen LogP contribution is 2.18. The van der Waals surface area contributed by atoms with E-state index in [-0.39, 0.29) is 12.6 Å². The number of rotatable bonds is 4. The Morgan fingerprint density at radius 2 is 2.33 bits per heavy atom. The predicted molar refractivity (Wildman–Crippen MR) is 48.1 cm³/mol. The summed E-state index contributed by atoms with van der Waals surface area (Å²) in [5.41, 5.74) is 0. The summed E-state index contributed by atoms with van der Waals surface area (Å²) in [4.78, 5) is 0. The summed E-state index contributed by atoms with van der Waals surface area (Å²) in [6, 6.07) is 0.185. The lowest BCUT2D eigenvalue weighted by Gasteiger charge is -2.15. The molecule has 0 aromatic heterocycles. The zero-order chi connectivity index (χ0) is 8.97. The molecule has 1 aliphatic heterocycles. The zero-order valence-electron chi connectivity index (χ0n) is 7.92. The van der Waals surface area contributed by atoms with E-state index in [1.807, 2.05) is 6.92 Å². The molecule has 12 heavy (non-hydrogen) atoms. The van der Waals surface area contributed by atoms with Crippen molar-refractivity contribution in [3.05, 3.63) is 0 Å². The maximum Gasteiger partial charge on any atom is 0.0704 e. The molecule has 0 amide bonds. The van der Waals surface area contributed by atoms with Crippen LogP contribution >= 0.6 is 0 Å². The summed E-state index contributed by atoms with van der Waals surface area (Å²) in [5, 5.41) is 12.0. The second-order valence-corrected chi connectivity index (χ2v) is 3.64. The summed E-state index contributed by atoms with van der Waals surface area (Å²) < 4.78 is 5.61. The molecule has 0 bridgehead atoms. The molecule has 1 aliphatic rings. The molecule has 0 spiro atoms. The van der Waals surface area contributed by atoms with Crippen LogP contribution in [0.2, 0.25) is 0 Å². The molecule has 2 unspecified atom stereocenters. The third-order valence-corrected chi connectivity index (χ3v) is 2.29. The first kappa shape index (κ1) is 9.96. The Bertz CT molecular complexity index is 130. The molecular weight excluding hydrogens is 154 g/mol. The van der Waals surface area contributed by atoms with Crippen LogP contribution in [0.1, 0.15) is 26.7 Å². The van der Waals surface area contributed by atoms with Gasteiger partial charge in [0.25, 0.3) is 0 Å². The van der Waals surface area contributed by atoms with Crippen LogP contribution in [-0.4, -0.2) is 36.5 Å². The number of aliphatic hydroxyl groups is 1. The van der Waals surface area contributed by atoms with Crippen LogP contribution < -0.4 is 5.32 Å². The average molecular weight is 173 g/mol. The molecule has 0 saturated carbocycles. The molecular formula is C9H19NO2. The van der Waals surface area contributed by atoms with Crippen molar-refractivity contribution in [2.45, 2.75) is 44.9 Å². The summed E-state index contributed by atoms with van der Waals surface area (Å²) in [6.07, 6.45) is 3.09. The molecule has 1 heterocycles. The van der Waals surface area contributed by atoms with Crippen LogP contribution in [0.5, 0.6) is 0 Å². The lowest BCUT2D eigenvalue weighted by atomic mass is 10.2. The fourth-order valence-corrected chi connectivity index (χ4v) is 1.43. The van der Waals surface area contributed by atoms with Gasteiger partial charge in [-0.2, -0.15) is 0 Å². The molecule has 1 fully saturated rings. The maximum atomic E-state index is 8.76. The van der Waals surface area contributed by atoms with Gasteiger partial charge in [0.15, 0.2) is 0 Å². The van der Waals surface area contributed by atoms with Crippen LogP contribution in [0.4, 0.5) is 0 Å². The molecule has 0 aromatic carbocycles. The quantitative estimate of drug-likeness (QED) is 0.651. The minimum atomic E-state index is 0.185.